The van der Waals surface area contributed by atoms with Crippen LogP contribution < -0.4 is 0 Å². The van der Waals surface area contributed by atoms with E-state index in [0.29, 0.717) is 0 Å². The molecule has 0 fully saturated rings. The Bertz CT molecular complexity index is 443. The maximum Gasteiger partial charge on any atom is 0.159 e. The van der Waals surface area contributed by atoms with Gasteiger partial charge in [0, 0.05) is 13.0 Å². The fourth-order valence-corrected chi connectivity index (χ4v) is 2.92. The molecule has 0 spiro atoms. The zero-order valence-corrected chi connectivity index (χ0v) is 14.4. The van der Waals surface area contributed by atoms with Crippen molar-refractivity contribution >= 4 is 0 Å². The molecule has 1 nitrogen and oxygen atoms in total. The van der Waals surface area contributed by atoms with Gasteiger partial charge in [0.15, 0.2) is 11.6 Å². The Morgan fingerprint density at radius 3 is 2.23 bits per heavy atom. The predicted molar refractivity (Wildman–Crippen MR) is 88.2 cm³/mol. The minimum Gasteiger partial charge on any atom is -0.378 e. The summed E-state index contributed by atoms with van der Waals surface area (Å²) in [5, 5.41) is 0. The fraction of sp³-hybridized carbons (Fsp3) is 0.684. The first-order chi connectivity index (χ1) is 10.4. The molecular formula is C19H30F2O. The molecule has 0 radical (unpaired) electrons. The van der Waals surface area contributed by atoms with Gasteiger partial charge in [0.05, 0.1) is 5.60 Å². The largest absolute Gasteiger partial charge is 0.378 e. The Kier molecular flexibility index (Phi) is 8.02. The number of hydrogen-bond donors (Lipinski definition) is 0. The van der Waals surface area contributed by atoms with Gasteiger partial charge in [-0.15, -0.1) is 0 Å². The van der Waals surface area contributed by atoms with E-state index in [-0.39, 0.29) is 5.92 Å². The lowest BCUT2D eigenvalue weighted by molar-refractivity contribution is -0.00458. The highest BCUT2D eigenvalue weighted by molar-refractivity contribution is 5.24. The molecule has 1 unspecified atom stereocenters. The number of methoxy groups -OCH3 is 1. The predicted octanol–water partition coefficient (Wildman–Crippen LogP) is 6.22. The van der Waals surface area contributed by atoms with Crippen LogP contribution in [0.15, 0.2) is 18.2 Å². The summed E-state index contributed by atoms with van der Waals surface area (Å²) in [6.07, 6.45) is 8.24. The third-order valence-corrected chi connectivity index (χ3v) is 4.56. The van der Waals surface area contributed by atoms with Gasteiger partial charge >= 0.3 is 0 Å². The first-order valence-corrected chi connectivity index (χ1v) is 8.42. The van der Waals surface area contributed by atoms with E-state index >= 15 is 0 Å². The second-order valence-corrected chi connectivity index (χ2v) is 6.59. The lowest BCUT2D eigenvalue weighted by Crippen LogP contribution is -2.31. The number of hydrogen-bond acceptors (Lipinski definition) is 1. The topological polar surface area (TPSA) is 9.23 Å². The highest BCUT2D eigenvalue weighted by Gasteiger charge is 2.30. The lowest BCUT2D eigenvalue weighted by atomic mass is 9.80. The SMILES string of the molecule is CCCCCCCCC(c1ccc(F)c(F)c1)C(C)(C)OC. The molecule has 0 aliphatic carbocycles. The molecule has 0 aromatic heterocycles. The summed E-state index contributed by atoms with van der Waals surface area (Å²) in [6.45, 7) is 6.23. The molecule has 3 heteroatoms. The standard InChI is InChI=1S/C19H30F2O/c1-5-6-7-8-9-10-11-16(19(2,3)22-4)15-12-13-17(20)18(21)14-15/h12-14,16H,5-11H2,1-4H3. The summed E-state index contributed by atoms with van der Waals surface area (Å²) in [5.74, 6) is -1.51. The quantitative estimate of drug-likeness (QED) is 0.466. The van der Waals surface area contributed by atoms with Crippen molar-refractivity contribution in [3.05, 3.63) is 35.4 Å². The van der Waals surface area contributed by atoms with Crippen LogP contribution in [0.4, 0.5) is 8.78 Å². The Labute approximate surface area is 134 Å². The molecule has 0 heterocycles. The van der Waals surface area contributed by atoms with Gasteiger partial charge in [0.1, 0.15) is 0 Å². The van der Waals surface area contributed by atoms with Gasteiger partial charge in [-0.2, -0.15) is 0 Å². The molecule has 1 aromatic carbocycles. The van der Waals surface area contributed by atoms with Crippen LogP contribution in [0.5, 0.6) is 0 Å². The van der Waals surface area contributed by atoms with Gasteiger partial charge < -0.3 is 4.74 Å². The number of halogens is 2. The van der Waals surface area contributed by atoms with E-state index in [0.717, 1.165) is 18.4 Å². The lowest BCUT2D eigenvalue weighted by Gasteiger charge is -2.34. The highest BCUT2D eigenvalue weighted by atomic mass is 19.2. The molecule has 0 aliphatic rings. The van der Waals surface area contributed by atoms with Crippen molar-refractivity contribution in [1.82, 2.24) is 0 Å². The van der Waals surface area contributed by atoms with Crippen molar-refractivity contribution < 1.29 is 13.5 Å². The first kappa shape index (κ1) is 19.1. The Morgan fingerprint density at radius 1 is 1.00 bits per heavy atom. The average Bonchev–Trinajstić information content (AvgIpc) is 2.49. The van der Waals surface area contributed by atoms with Crippen molar-refractivity contribution in [2.45, 2.75) is 77.2 Å². The van der Waals surface area contributed by atoms with Crippen LogP contribution in [-0.4, -0.2) is 12.7 Å². The minimum absolute atomic E-state index is 0.0683. The first-order valence-electron chi connectivity index (χ1n) is 8.42. The number of benzene rings is 1. The zero-order valence-electron chi connectivity index (χ0n) is 14.4. The van der Waals surface area contributed by atoms with Crippen LogP contribution in [0.3, 0.4) is 0 Å². The molecule has 126 valence electrons. The van der Waals surface area contributed by atoms with Gasteiger partial charge in [-0.05, 0) is 38.0 Å². The summed E-state index contributed by atoms with van der Waals surface area (Å²) in [5.41, 5.74) is 0.424. The third-order valence-electron chi connectivity index (χ3n) is 4.56. The summed E-state index contributed by atoms with van der Waals surface area (Å²) in [7, 11) is 1.67. The molecule has 0 saturated heterocycles. The number of rotatable bonds is 10. The Balaban J connectivity index is 2.70. The summed E-state index contributed by atoms with van der Waals surface area (Å²) < 4.78 is 32.3. The smallest absolute Gasteiger partial charge is 0.159 e. The zero-order chi connectivity index (χ0) is 16.6. The molecule has 22 heavy (non-hydrogen) atoms. The van der Waals surface area contributed by atoms with Gasteiger partial charge in [0.2, 0.25) is 0 Å². The Morgan fingerprint density at radius 2 is 1.64 bits per heavy atom. The van der Waals surface area contributed by atoms with E-state index in [9.17, 15) is 8.78 Å². The number of ether oxygens (including phenoxy) is 1. The van der Waals surface area contributed by atoms with Crippen molar-refractivity contribution in [3.8, 4) is 0 Å². The summed E-state index contributed by atoms with van der Waals surface area (Å²) >= 11 is 0. The van der Waals surface area contributed by atoms with Crippen LogP contribution in [-0.2, 0) is 4.74 Å². The molecule has 0 N–H and O–H groups in total. The van der Waals surface area contributed by atoms with E-state index in [1.807, 2.05) is 13.8 Å². The van der Waals surface area contributed by atoms with Crippen LogP contribution >= 0.6 is 0 Å². The molecule has 0 amide bonds. The van der Waals surface area contributed by atoms with Crippen molar-refractivity contribution in [1.29, 1.82) is 0 Å². The van der Waals surface area contributed by atoms with Gasteiger partial charge in [-0.3, -0.25) is 0 Å². The van der Waals surface area contributed by atoms with Crippen LogP contribution in [0.1, 0.15) is 77.2 Å². The third kappa shape index (κ3) is 5.68. The maximum atomic E-state index is 13.5. The van der Waals surface area contributed by atoms with Crippen LogP contribution in [0.2, 0.25) is 0 Å². The molecule has 0 aliphatic heterocycles. The molecule has 0 bridgehead atoms. The van der Waals surface area contributed by atoms with E-state index in [4.69, 9.17) is 4.74 Å². The average molecular weight is 312 g/mol. The van der Waals surface area contributed by atoms with Crippen LogP contribution in [0.25, 0.3) is 0 Å². The van der Waals surface area contributed by atoms with Crippen molar-refractivity contribution in [2.75, 3.05) is 7.11 Å². The summed E-state index contributed by atoms with van der Waals surface area (Å²) in [4.78, 5) is 0. The monoisotopic (exact) mass is 312 g/mol. The second-order valence-electron chi connectivity index (χ2n) is 6.59. The van der Waals surface area contributed by atoms with Crippen molar-refractivity contribution in [3.63, 3.8) is 0 Å². The van der Waals surface area contributed by atoms with E-state index in [1.54, 1.807) is 13.2 Å². The maximum absolute atomic E-state index is 13.5. The van der Waals surface area contributed by atoms with Gasteiger partial charge in [0.25, 0.3) is 0 Å². The highest BCUT2D eigenvalue weighted by Crippen LogP contribution is 2.36. The minimum atomic E-state index is -0.794. The normalized spacial score (nSPS) is 13.4. The molecule has 1 rings (SSSR count). The summed E-state index contributed by atoms with van der Waals surface area (Å²) in [6, 6.07) is 4.21. The van der Waals surface area contributed by atoms with Crippen LogP contribution in [0, 0.1) is 11.6 Å². The Hall–Kier alpha value is -0.960. The van der Waals surface area contributed by atoms with E-state index < -0.39 is 17.2 Å². The molecule has 1 atom stereocenters. The fourth-order valence-electron chi connectivity index (χ4n) is 2.92. The second kappa shape index (κ2) is 9.24. The molecule has 0 saturated carbocycles. The number of unbranched alkanes of at least 4 members (excludes halogenated alkanes) is 5. The van der Waals surface area contributed by atoms with E-state index in [2.05, 4.69) is 6.92 Å². The van der Waals surface area contributed by atoms with Crippen molar-refractivity contribution in [2.24, 2.45) is 0 Å². The van der Waals surface area contributed by atoms with Gasteiger partial charge in [-0.25, -0.2) is 8.78 Å². The molecular weight excluding hydrogens is 282 g/mol. The van der Waals surface area contributed by atoms with Gasteiger partial charge in [-0.1, -0.05) is 51.5 Å². The van der Waals surface area contributed by atoms with E-state index in [1.165, 1.54) is 44.2 Å². The molecule has 1 aromatic rings.